The van der Waals surface area contributed by atoms with E-state index in [0.29, 0.717) is 4.57 Å². The zero-order valence-electron chi connectivity index (χ0n) is 10.7. The third-order valence-electron chi connectivity index (χ3n) is 4.09. The molecule has 7 nitrogen and oxygen atoms in total. The highest BCUT2D eigenvalue weighted by Gasteiger charge is 2.94. The minimum atomic E-state index is -3.88. The van der Waals surface area contributed by atoms with Crippen molar-refractivity contribution in [3.63, 3.8) is 0 Å². The Morgan fingerprint density at radius 2 is 2.29 bits per heavy atom. The molecule has 2 fully saturated rings. The van der Waals surface area contributed by atoms with Crippen LogP contribution in [0.15, 0.2) is 29.7 Å². The first-order valence-electron chi connectivity index (χ1n) is 6.14. The van der Waals surface area contributed by atoms with Gasteiger partial charge in [-0.25, -0.2) is 4.79 Å². The molecule has 1 aliphatic heterocycles. The summed E-state index contributed by atoms with van der Waals surface area (Å²) in [5.41, 5.74) is -0.374. The predicted molar refractivity (Wildman–Crippen MR) is 66.5 cm³/mol. The van der Waals surface area contributed by atoms with E-state index in [0.717, 1.165) is 12.3 Å². The lowest BCUT2D eigenvalue weighted by Gasteiger charge is -2.26. The summed E-state index contributed by atoms with van der Waals surface area (Å²) in [7, 11) is 0. The van der Waals surface area contributed by atoms with Crippen molar-refractivity contribution in [3.05, 3.63) is 35.4 Å². The summed E-state index contributed by atoms with van der Waals surface area (Å²) in [6.45, 7) is 3.39. The lowest BCUT2D eigenvalue weighted by atomic mass is 10.1. The average molecular weight is 301 g/mol. The Morgan fingerprint density at radius 1 is 1.62 bits per heavy atom. The first-order chi connectivity index (χ1) is 9.72. The van der Waals surface area contributed by atoms with E-state index in [4.69, 9.17) is 10.5 Å². The number of nitrogen functional groups attached to an aromatic ring is 1. The van der Waals surface area contributed by atoms with Gasteiger partial charge in [-0.1, -0.05) is 6.08 Å². The smallest absolute Gasteiger partial charge is 0.351 e. The fourth-order valence-electron chi connectivity index (χ4n) is 2.92. The summed E-state index contributed by atoms with van der Waals surface area (Å²) in [4.78, 5) is 15.0. The van der Waals surface area contributed by atoms with E-state index in [1.165, 1.54) is 6.08 Å². The average Bonchev–Trinajstić information content (AvgIpc) is 2.79. The van der Waals surface area contributed by atoms with Gasteiger partial charge < -0.3 is 20.7 Å². The molecule has 2 heterocycles. The summed E-state index contributed by atoms with van der Waals surface area (Å²) in [5.74, 6) is -4.00. The molecule has 0 aromatic carbocycles. The molecule has 2 aliphatic rings. The first-order valence-corrected chi connectivity index (χ1v) is 6.14. The van der Waals surface area contributed by atoms with Gasteiger partial charge in [0.1, 0.15) is 17.5 Å². The molecule has 1 aromatic heterocycles. The lowest BCUT2D eigenvalue weighted by molar-refractivity contribution is -0.201. The highest BCUT2D eigenvalue weighted by atomic mass is 19.3. The highest BCUT2D eigenvalue weighted by molar-refractivity contribution is 5.39. The van der Waals surface area contributed by atoms with E-state index in [9.17, 15) is 23.8 Å². The Kier molecular flexibility index (Phi) is 2.60. The van der Waals surface area contributed by atoms with E-state index in [-0.39, 0.29) is 12.2 Å². The van der Waals surface area contributed by atoms with Crippen molar-refractivity contribution in [1.29, 1.82) is 0 Å². The van der Waals surface area contributed by atoms with Crippen LogP contribution in [0, 0.1) is 0 Å². The molecule has 0 spiro atoms. The summed E-state index contributed by atoms with van der Waals surface area (Å²) >= 11 is 0. The number of fused-ring (bicyclic) bond motifs is 1. The van der Waals surface area contributed by atoms with Gasteiger partial charge in [0.05, 0.1) is 0 Å². The topological polar surface area (TPSA) is 111 Å². The SMILES string of the molecule is C=CC[C@]12O[C@@H](n3ccc(N)nc3=O)C(F)(F)[C@@]1(O)C2O. The number of nitrogens with two attached hydrogens (primary N) is 1. The second kappa shape index (κ2) is 3.87. The molecule has 0 radical (unpaired) electrons. The van der Waals surface area contributed by atoms with Crippen molar-refractivity contribution in [2.45, 2.75) is 35.9 Å². The summed E-state index contributed by atoms with van der Waals surface area (Å²) in [6.07, 6.45) is -1.76. The van der Waals surface area contributed by atoms with Crippen LogP contribution in [-0.2, 0) is 4.74 Å². The van der Waals surface area contributed by atoms with E-state index >= 15 is 0 Å². The number of hydrogen-bond donors (Lipinski definition) is 3. The monoisotopic (exact) mass is 301 g/mol. The Labute approximate surface area is 117 Å². The molecule has 0 amide bonds. The zero-order valence-corrected chi connectivity index (χ0v) is 10.7. The number of halogens is 2. The van der Waals surface area contributed by atoms with Crippen molar-refractivity contribution in [2.75, 3.05) is 5.73 Å². The van der Waals surface area contributed by atoms with Crippen LogP contribution in [0.2, 0.25) is 0 Å². The molecule has 0 bridgehead atoms. The fourth-order valence-corrected chi connectivity index (χ4v) is 2.92. The maximum Gasteiger partial charge on any atom is 0.351 e. The van der Waals surface area contributed by atoms with Crippen molar-refractivity contribution in [2.24, 2.45) is 0 Å². The molecular weight excluding hydrogens is 288 g/mol. The number of aliphatic hydroxyl groups excluding tert-OH is 1. The van der Waals surface area contributed by atoms with Crippen LogP contribution in [-0.4, -0.2) is 43.0 Å². The molecular formula is C12H13F2N3O4. The molecule has 1 aromatic rings. The van der Waals surface area contributed by atoms with Crippen molar-refractivity contribution < 1.29 is 23.7 Å². The minimum Gasteiger partial charge on any atom is -0.387 e. The maximum atomic E-state index is 14.4. The fraction of sp³-hybridized carbons (Fsp3) is 0.500. The predicted octanol–water partition coefficient (Wildman–Crippen LogP) is -0.590. The number of ether oxygens (including phenoxy) is 1. The quantitative estimate of drug-likeness (QED) is 0.644. The number of aromatic nitrogens is 2. The van der Waals surface area contributed by atoms with Crippen LogP contribution < -0.4 is 11.4 Å². The number of alkyl halides is 2. The zero-order chi connectivity index (χ0) is 15.6. The first kappa shape index (κ1) is 14.1. The normalized spacial score (nSPS) is 39.8. The molecule has 1 aliphatic carbocycles. The van der Waals surface area contributed by atoms with Gasteiger partial charge in [0.25, 0.3) is 0 Å². The number of anilines is 1. The highest BCUT2D eigenvalue weighted by Crippen LogP contribution is 2.70. The molecule has 1 unspecified atom stereocenters. The van der Waals surface area contributed by atoms with E-state index in [1.54, 1.807) is 0 Å². The van der Waals surface area contributed by atoms with Gasteiger partial charge in [-0.05, 0) is 6.07 Å². The Hall–Kier alpha value is -1.84. The Bertz CT molecular complexity index is 679. The van der Waals surface area contributed by atoms with Gasteiger partial charge in [0, 0.05) is 12.6 Å². The summed E-state index contributed by atoms with van der Waals surface area (Å²) in [6, 6.07) is 1.16. The van der Waals surface area contributed by atoms with Gasteiger partial charge in [0.15, 0.2) is 5.60 Å². The van der Waals surface area contributed by atoms with E-state index < -0.39 is 35.1 Å². The van der Waals surface area contributed by atoms with E-state index in [2.05, 4.69) is 11.6 Å². The standard InChI is InChI=1S/C12H13F2N3O4/c1-2-4-10-7(18)11(10,20)12(13,14)8(21-10)17-5-3-6(15)16-9(17)19/h2-3,5,7-8,18,20H,1,4H2,(H2,15,16,19)/t7?,8-,10-,11-/m1/s1. The molecule has 4 atom stereocenters. The van der Waals surface area contributed by atoms with Gasteiger partial charge >= 0.3 is 11.6 Å². The van der Waals surface area contributed by atoms with Gasteiger partial charge in [-0.3, -0.25) is 4.57 Å². The molecule has 1 saturated heterocycles. The van der Waals surface area contributed by atoms with E-state index in [1.807, 2.05) is 0 Å². The number of nitrogens with zero attached hydrogens (tertiary/aromatic N) is 2. The summed E-state index contributed by atoms with van der Waals surface area (Å²) in [5, 5.41) is 19.8. The third kappa shape index (κ3) is 1.40. The number of rotatable bonds is 3. The molecule has 9 heteroatoms. The largest absolute Gasteiger partial charge is 0.387 e. The van der Waals surface area contributed by atoms with Gasteiger partial charge in [0.2, 0.25) is 6.23 Å². The molecule has 114 valence electrons. The second-order valence-corrected chi connectivity index (χ2v) is 5.19. The van der Waals surface area contributed by atoms with Crippen LogP contribution in [0.4, 0.5) is 14.6 Å². The van der Waals surface area contributed by atoms with Crippen molar-refractivity contribution in [3.8, 4) is 0 Å². The van der Waals surface area contributed by atoms with Crippen molar-refractivity contribution >= 4 is 5.82 Å². The van der Waals surface area contributed by atoms with Crippen LogP contribution in [0.1, 0.15) is 12.6 Å². The second-order valence-electron chi connectivity index (χ2n) is 5.19. The number of aliphatic hydroxyl groups is 2. The van der Waals surface area contributed by atoms with Crippen LogP contribution in [0.25, 0.3) is 0 Å². The number of hydrogen-bond acceptors (Lipinski definition) is 6. The van der Waals surface area contributed by atoms with Crippen molar-refractivity contribution in [1.82, 2.24) is 9.55 Å². The molecule has 4 N–H and O–H groups in total. The molecule has 3 rings (SSSR count). The molecule has 21 heavy (non-hydrogen) atoms. The van der Waals surface area contributed by atoms with Gasteiger partial charge in [-0.15, -0.1) is 6.58 Å². The minimum absolute atomic E-state index is 0.123. The lowest BCUT2D eigenvalue weighted by Crippen LogP contribution is -2.46. The molecule has 1 saturated carbocycles. The Morgan fingerprint density at radius 3 is 2.86 bits per heavy atom. The third-order valence-corrected chi connectivity index (χ3v) is 4.09. The van der Waals surface area contributed by atoms with Crippen LogP contribution in [0.3, 0.4) is 0 Å². The van der Waals surface area contributed by atoms with Crippen LogP contribution in [0.5, 0.6) is 0 Å². The van der Waals surface area contributed by atoms with Crippen LogP contribution >= 0.6 is 0 Å². The maximum absolute atomic E-state index is 14.4. The van der Waals surface area contributed by atoms with Gasteiger partial charge in [-0.2, -0.15) is 13.8 Å². The summed E-state index contributed by atoms with van der Waals surface area (Å²) < 4.78 is 34.6. The Balaban J connectivity index is 2.07.